The summed E-state index contributed by atoms with van der Waals surface area (Å²) in [7, 11) is 0. The number of amides is 1. The number of halogens is 1. The highest BCUT2D eigenvalue weighted by Crippen LogP contribution is 2.31. The molecule has 158 valence electrons. The number of rotatable bonds is 8. The SMILES string of the molecule is O=C(COC(=O)c1ccc(N2CCCC2)c([N+](=O)[O-])c1)NCCc1ccccc1F. The van der Waals surface area contributed by atoms with Crippen LogP contribution in [0.1, 0.15) is 28.8 Å². The molecule has 0 bridgehead atoms. The molecule has 0 spiro atoms. The average Bonchev–Trinajstić information content (AvgIpc) is 3.27. The molecule has 0 aromatic heterocycles. The second-order valence-corrected chi connectivity index (χ2v) is 6.92. The normalized spacial score (nSPS) is 13.2. The van der Waals surface area contributed by atoms with Crippen LogP contribution in [-0.4, -0.2) is 43.0 Å². The van der Waals surface area contributed by atoms with Crippen molar-refractivity contribution >= 4 is 23.3 Å². The van der Waals surface area contributed by atoms with Crippen LogP contribution in [0.3, 0.4) is 0 Å². The first-order valence-corrected chi connectivity index (χ1v) is 9.66. The molecule has 8 nitrogen and oxygen atoms in total. The van der Waals surface area contributed by atoms with Gasteiger partial charge in [0, 0.05) is 25.7 Å². The zero-order valence-electron chi connectivity index (χ0n) is 16.3. The summed E-state index contributed by atoms with van der Waals surface area (Å²) in [6, 6.07) is 10.4. The quantitative estimate of drug-likeness (QED) is 0.404. The molecule has 1 heterocycles. The highest BCUT2D eigenvalue weighted by Gasteiger charge is 2.24. The van der Waals surface area contributed by atoms with Crippen LogP contribution in [0.4, 0.5) is 15.8 Å². The lowest BCUT2D eigenvalue weighted by Gasteiger charge is -2.17. The molecule has 9 heteroatoms. The number of anilines is 1. The van der Waals surface area contributed by atoms with Gasteiger partial charge in [-0.3, -0.25) is 14.9 Å². The van der Waals surface area contributed by atoms with E-state index in [1.165, 1.54) is 24.3 Å². The Bertz CT molecular complexity index is 944. The summed E-state index contributed by atoms with van der Waals surface area (Å²) in [6.45, 7) is 1.13. The van der Waals surface area contributed by atoms with E-state index in [0.29, 0.717) is 17.7 Å². The molecule has 1 amide bonds. The number of carbonyl (C=O) groups excluding carboxylic acids is 2. The minimum atomic E-state index is -0.824. The lowest BCUT2D eigenvalue weighted by atomic mass is 10.1. The maximum Gasteiger partial charge on any atom is 0.338 e. The average molecular weight is 415 g/mol. The second kappa shape index (κ2) is 9.82. The zero-order valence-corrected chi connectivity index (χ0v) is 16.3. The molecule has 30 heavy (non-hydrogen) atoms. The molecule has 1 saturated heterocycles. The number of carbonyl (C=O) groups is 2. The zero-order chi connectivity index (χ0) is 21.5. The topological polar surface area (TPSA) is 102 Å². The molecule has 0 aliphatic carbocycles. The largest absolute Gasteiger partial charge is 0.452 e. The Morgan fingerprint density at radius 2 is 1.90 bits per heavy atom. The van der Waals surface area contributed by atoms with Crippen molar-refractivity contribution in [3.8, 4) is 0 Å². The van der Waals surface area contributed by atoms with Gasteiger partial charge < -0.3 is 15.0 Å². The van der Waals surface area contributed by atoms with E-state index in [9.17, 15) is 24.1 Å². The molecule has 1 N–H and O–H groups in total. The predicted molar refractivity (Wildman–Crippen MR) is 108 cm³/mol. The molecule has 2 aromatic carbocycles. The van der Waals surface area contributed by atoms with Crippen molar-refractivity contribution < 1.29 is 23.6 Å². The molecule has 2 aromatic rings. The van der Waals surface area contributed by atoms with Crippen molar-refractivity contribution in [2.24, 2.45) is 0 Å². The molecular weight excluding hydrogens is 393 g/mol. The highest BCUT2D eigenvalue weighted by molar-refractivity contribution is 5.93. The van der Waals surface area contributed by atoms with Gasteiger partial charge in [-0.15, -0.1) is 0 Å². The number of esters is 1. The van der Waals surface area contributed by atoms with E-state index < -0.39 is 23.4 Å². The molecule has 0 radical (unpaired) electrons. The van der Waals surface area contributed by atoms with Crippen molar-refractivity contribution in [3.05, 3.63) is 69.5 Å². The third-order valence-electron chi connectivity index (χ3n) is 4.86. The highest BCUT2D eigenvalue weighted by atomic mass is 19.1. The summed E-state index contributed by atoms with van der Waals surface area (Å²) in [4.78, 5) is 36.9. The van der Waals surface area contributed by atoms with Gasteiger partial charge in [-0.05, 0) is 43.0 Å². The lowest BCUT2D eigenvalue weighted by Crippen LogP contribution is -2.30. The number of nitro benzene ring substituents is 1. The summed E-state index contributed by atoms with van der Waals surface area (Å²) in [6.07, 6.45) is 2.23. The van der Waals surface area contributed by atoms with Gasteiger partial charge in [-0.2, -0.15) is 0 Å². The van der Waals surface area contributed by atoms with Crippen LogP contribution in [0.2, 0.25) is 0 Å². The van der Waals surface area contributed by atoms with E-state index >= 15 is 0 Å². The molecule has 3 rings (SSSR count). The Kier molecular flexibility index (Phi) is 6.95. The van der Waals surface area contributed by atoms with Crippen molar-refractivity contribution in [1.82, 2.24) is 5.32 Å². The van der Waals surface area contributed by atoms with E-state index in [1.54, 1.807) is 18.2 Å². The van der Waals surface area contributed by atoms with Crippen molar-refractivity contribution in [2.45, 2.75) is 19.3 Å². The fourth-order valence-corrected chi connectivity index (χ4v) is 3.33. The van der Waals surface area contributed by atoms with E-state index in [4.69, 9.17) is 4.74 Å². The van der Waals surface area contributed by atoms with Gasteiger partial charge in [0.05, 0.1) is 10.5 Å². The summed E-state index contributed by atoms with van der Waals surface area (Å²) >= 11 is 0. The van der Waals surface area contributed by atoms with Gasteiger partial charge in [0.2, 0.25) is 0 Å². The lowest BCUT2D eigenvalue weighted by molar-refractivity contribution is -0.384. The second-order valence-electron chi connectivity index (χ2n) is 6.92. The number of hydrogen-bond acceptors (Lipinski definition) is 6. The minimum absolute atomic E-state index is 0.00352. The van der Waals surface area contributed by atoms with Crippen molar-refractivity contribution in [1.29, 1.82) is 0 Å². The van der Waals surface area contributed by atoms with Crippen LogP contribution >= 0.6 is 0 Å². The number of nitrogens with one attached hydrogen (secondary N) is 1. The van der Waals surface area contributed by atoms with Gasteiger partial charge in [0.1, 0.15) is 11.5 Å². The Labute approximate surface area is 172 Å². The summed E-state index contributed by atoms with van der Waals surface area (Å²) < 4.78 is 18.5. The number of nitrogens with zero attached hydrogens (tertiary/aromatic N) is 2. The third-order valence-corrected chi connectivity index (χ3v) is 4.86. The molecule has 0 atom stereocenters. The van der Waals surface area contributed by atoms with E-state index in [1.807, 2.05) is 4.90 Å². The van der Waals surface area contributed by atoms with E-state index in [-0.39, 0.29) is 23.6 Å². The number of ether oxygens (including phenoxy) is 1. The molecule has 1 aliphatic heterocycles. The number of benzene rings is 2. The Morgan fingerprint density at radius 1 is 1.17 bits per heavy atom. The predicted octanol–water partition coefficient (Wildman–Crippen LogP) is 2.85. The Balaban J connectivity index is 1.52. The van der Waals surface area contributed by atoms with Crippen LogP contribution < -0.4 is 10.2 Å². The Hall–Kier alpha value is -3.49. The van der Waals surface area contributed by atoms with E-state index in [0.717, 1.165) is 25.9 Å². The molecular formula is C21H22FN3O5. The number of hydrogen-bond donors (Lipinski definition) is 1. The fraction of sp³-hybridized carbons (Fsp3) is 0.333. The minimum Gasteiger partial charge on any atom is -0.452 e. The smallest absolute Gasteiger partial charge is 0.338 e. The van der Waals surface area contributed by atoms with Gasteiger partial charge in [0.25, 0.3) is 11.6 Å². The van der Waals surface area contributed by atoms with Crippen LogP contribution in [0, 0.1) is 15.9 Å². The Morgan fingerprint density at radius 3 is 2.60 bits per heavy atom. The van der Waals surface area contributed by atoms with Gasteiger partial charge in [-0.1, -0.05) is 18.2 Å². The monoisotopic (exact) mass is 415 g/mol. The molecule has 0 unspecified atom stereocenters. The maximum absolute atomic E-state index is 13.5. The van der Waals surface area contributed by atoms with Crippen molar-refractivity contribution in [2.75, 3.05) is 31.1 Å². The first kappa shape index (κ1) is 21.2. The van der Waals surface area contributed by atoms with Gasteiger partial charge in [0.15, 0.2) is 6.61 Å². The number of nitro groups is 1. The molecule has 1 aliphatic rings. The third kappa shape index (κ3) is 5.31. The van der Waals surface area contributed by atoms with Crippen LogP contribution in [0.15, 0.2) is 42.5 Å². The molecule has 0 saturated carbocycles. The van der Waals surface area contributed by atoms with Crippen LogP contribution in [-0.2, 0) is 16.0 Å². The first-order valence-electron chi connectivity index (χ1n) is 9.66. The molecule has 1 fully saturated rings. The van der Waals surface area contributed by atoms with Crippen molar-refractivity contribution in [3.63, 3.8) is 0 Å². The standard InChI is InChI=1S/C21H22FN3O5/c22-17-6-2-1-5-15(17)9-10-23-20(26)14-30-21(27)16-7-8-18(19(13-16)25(28)29)24-11-3-4-12-24/h1-2,5-8,13H,3-4,9-12,14H2,(H,23,26). The fourth-order valence-electron chi connectivity index (χ4n) is 3.33. The van der Waals surface area contributed by atoms with Gasteiger partial charge in [-0.25, -0.2) is 9.18 Å². The summed E-state index contributed by atoms with van der Waals surface area (Å²) in [5.41, 5.74) is 0.782. The maximum atomic E-state index is 13.5. The van der Waals surface area contributed by atoms with Gasteiger partial charge >= 0.3 is 5.97 Å². The van der Waals surface area contributed by atoms with Crippen LogP contribution in [0.5, 0.6) is 0 Å². The first-order chi connectivity index (χ1) is 14.5. The summed E-state index contributed by atoms with van der Waals surface area (Å²) in [5, 5.41) is 14.0. The summed E-state index contributed by atoms with van der Waals surface area (Å²) in [5.74, 6) is -1.71. The van der Waals surface area contributed by atoms with E-state index in [2.05, 4.69) is 5.32 Å². The van der Waals surface area contributed by atoms with Crippen LogP contribution in [0.25, 0.3) is 0 Å².